The number of hydrogen-bond donors (Lipinski definition) is 1. The van der Waals surface area contributed by atoms with Gasteiger partial charge in [0.25, 0.3) is 10.2 Å². The van der Waals surface area contributed by atoms with Crippen LogP contribution in [0.25, 0.3) is 0 Å². The van der Waals surface area contributed by atoms with Crippen LogP contribution in [-0.2, 0) is 24.5 Å². The van der Waals surface area contributed by atoms with Gasteiger partial charge in [-0.25, -0.2) is 0 Å². The van der Waals surface area contributed by atoms with E-state index < -0.39 is 16.2 Å². The summed E-state index contributed by atoms with van der Waals surface area (Å²) in [5.41, 5.74) is 0. The molecule has 1 saturated carbocycles. The molecule has 1 N–H and O–H groups in total. The molecule has 0 aromatic carbocycles. The number of nitrogens with zero attached hydrogens (tertiary/aromatic N) is 2. The van der Waals surface area contributed by atoms with Gasteiger partial charge < -0.3 is 14.4 Å². The monoisotopic (exact) mass is 449 g/mol. The van der Waals surface area contributed by atoms with Gasteiger partial charge in [0.05, 0.1) is 12.7 Å². The maximum atomic E-state index is 12.4. The van der Waals surface area contributed by atoms with Crippen LogP contribution in [0.3, 0.4) is 0 Å². The zero-order valence-corrected chi connectivity index (χ0v) is 20.2. The van der Waals surface area contributed by atoms with Gasteiger partial charge in [0.1, 0.15) is 6.54 Å². The van der Waals surface area contributed by atoms with E-state index in [2.05, 4.69) is 23.6 Å². The fourth-order valence-electron chi connectivity index (χ4n) is 3.60. The second-order valence-electron chi connectivity index (χ2n) is 8.25. The lowest BCUT2D eigenvalue weighted by Crippen LogP contribution is -2.47. The molecule has 0 aromatic rings. The summed E-state index contributed by atoms with van der Waals surface area (Å²) in [5.74, 6) is -0.547. The maximum Gasteiger partial charge on any atom is 0.321 e. The molecule has 0 unspecified atom stereocenters. The molecule has 1 aliphatic rings. The molecule has 0 aliphatic heterocycles. The van der Waals surface area contributed by atoms with Gasteiger partial charge in [-0.2, -0.15) is 17.4 Å². The summed E-state index contributed by atoms with van der Waals surface area (Å²) < 4.78 is 39.3. The van der Waals surface area contributed by atoms with Crippen LogP contribution in [0.5, 0.6) is 0 Å². The molecule has 1 fully saturated rings. The van der Waals surface area contributed by atoms with E-state index in [1.807, 2.05) is 0 Å². The van der Waals surface area contributed by atoms with E-state index in [4.69, 9.17) is 9.47 Å². The molecule has 0 aromatic heterocycles. The van der Waals surface area contributed by atoms with Gasteiger partial charge in [-0.05, 0) is 72.0 Å². The summed E-state index contributed by atoms with van der Waals surface area (Å²) in [7, 11) is -0.127. The van der Waals surface area contributed by atoms with E-state index in [0.717, 1.165) is 56.0 Å². The Morgan fingerprint density at radius 3 is 2.23 bits per heavy atom. The van der Waals surface area contributed by atoms with Gasteiger partial charge >= 0.3 is 5.97 Å². The highest BCUT2D eigenvalue weighted by molar-refractivity contribution is 7.87. The number of ether oxygens (including phenoxy) is 2. The van der Waals surface area contributed by atoms with Gasteiger partial charge in [-0.15, -0.1) is 0 Å². The van der Waals surface area contributed by atoms with Crippen molar-refractivity contribution in [2.24, 2.45) is 0 Å². The fraction of sp³-hybridized carbons (Fsp3) is 0.952. The van der Waals surface area contributed by atoms with Crippen LogP contribution in [0.4, 0.5) is 0 Å². The Bertz CT molecular complexity index is 565. The van der Waals surface area contributed by atoms with Gasteiger partial charge in [-0.3, -0.25) is 4.79 Å². The zero-order chi connectivity index (χ0) is 22.4. The van der Waals surface area contributed by atoms with Gasteiger partial charge in [0.15, 0.2) is 0 Å². The number of rotatable bonds is 16. The summed E-state index contributed by atoms with van der Waals surface area (Å²) in [4.78, 5) is 13.9. The van der Waals surface area contributed by atoms with Crippen molar-refractivity contribution in [2.45, 2.75) is 83.8 Å². The predicted octanol–water partition coefficient (Wildman–Crippen LogP) is 2.55. The molecule has 9 heteroatoms. The molecule has 30 heavy (non-hydrogen) atoms. The van der Waals surface area contributed by atoms with E-state index in [0.29, 0.717) is 0 Å². The van der Waals surface area contributed by atoms with Crippen molar-refractivity contribution in [3.8, 4) is 0 Å². The smallest absolute Gasteiger partial charge is 0.321 e. The average Bonchev–Trinajstić information content (AvgIpc) is 2.69. The van der Waals surface area contributed by atoms with Crippen molar-refractivity contribution < 1.29 is 22.7 Å². The average molecular weight is 450 g/mol. The second-order valence-corrected chi connectivity index (χ2v) is 10.1. The van der Waals surface area contributed by atoms with Crippen molar-refractivity contribution in [3.05, 3.63) is 0 Å². The van der Waals surface area contributed by atoms with Crippen molar-refractivity contribution >= 4 is 16.2 Å². The molecule has 1 rings (SSSR count). The van der Waals surface area contributed by atoms with E-state index >= 15 is 0 Å². The topological polar surface area (TPSA) is 88.2 Å². The van der Waals surface area contributed by atoms with Crippen LogP contribution in [0.2, 0.25) is 0 Å². The first-order chi connectivity index (χ1) is 14.3. The molecule has 1 aliphatic carbocycles. The van der Waals surface area contributed by atoms with E-state index in [1.54, 1.807) is 6.92 Å². The quantitative estimate of drug-likeness (QED) is 0.288. The molecule has 0 atom stereocenters. The third-order valence-corrected chi connectivity index (χ3v) is 7.07. The van der Waals surface area contributed by atoms with Crippen molar-refractivity contribution in [1.29, 1.82) is 0 Å². The third kappa shape index (κ3) is 11.6. The summed E-state index contributed by atoms with van der Waals surface area (Å²) in [5, 5.41) is 0. The van der Waals surface area contributed by atoms with E-state index in [-0.39, 0.29) is 25.3 Å². The minimum absolute atomic E-state index is 0.115. The number of carbonyl (C=O) groups is 1. The molecule has 0 spiro atoms. The van der Waals surface area contributed by atoms with E-state index in [1.165, 1.54) is 32.9 Å². The standard InChI is InChI=1S/C21H43N3O5S/c1-5-7-8-15-23(3)16-9-10-17-29-20-13-11-19(12-14-20)22-30(26,27)24(4)18-21(25)28-6-2/h19-20,22H,5-18H2,1-4H3/t19-,20-. The largest absolute Gasteiger partial charge is 0.465 e. The van der Waals surface area contributed by atoms with Gasteiger partial charge in [0.2, 0.25) is 0 Å². The molecule has 8 nitrogen and oxygen atoms in total. The minimum atomic E-state index is -3.69. The third-order valence-electron chi connectivity index (χ3n) is 5.49. The molecule has 0 heterocycles. The number of carbonyl (C=O) groups excluding carboxylic acids is 1. The number of unbranched alkanes of at least 4 members (excludes halogenated alkanes) is 3. The van der Waals surface area contributed by atoms with Gasteiger partial charge in [0, 0.05) is 19.7 Å². The van der Waals surface area contributed by atoms with Crippen LogP contribution in [-0.4, -0.2) is 82.7 Å². The van der Waals surface area contributed by atoms with Gasteiger partial charge in [-0.1, -0.05) is 19.8 Å². The molecular formula is C21H43N3O5S. The Morgan fingerprint density at radius 1 is 1.00 bits per heavy atom. The molecule has 0 saturated heterocycles. The number of hydrogen-bond acceptors (Lipinski definition) is 6. The fourth-order valence-corrected chi connectivity index (χ4v) is 4.71. The molecule has 178 valence electrons. The van der Waals surface area contributed by atoms with Crippen molar-refractivity contribution in [3.63, 3.8) is 0 Å². The lowest BCUT2D eigenvalue weighted by Gasteiger charge is -2.30. The summed E-state index contributed by atoms with van der Waals surface area (Å²) in [6.07, 6.45) is 9.45. The Kier molecular flexibility index (Phi) is 13.8. The number of esters is 1. The van der Waals surface area contributed by atoms with Crippen LogP contribution >= 0.6 is 0 Å². The summed E-state index contributed by atoms with van der Waals surface area (Å²) in [6, 6.07) is -0.115. The Labute approximate surface area is 183 Å². The molecular weight excluding hydrogens is 406 g/mol. The normalized spacial score (nSPS) is 20.1. The summed E-state index contributed by atoms with van der Waals surface area (Å²) in [6.45, 7) is 6.93. The highest BCUT2D eigenvalue weighted by atomic mass is 32.2. The van der Waals surface area contributed by atoms with Crippen LogP contribution in [0, 0.1) is 0 Å². The molecule has 0 amide bonds. The second kappa shape index (κ2) is 15.1. The first-order valence-electron chi connectivity index (χ1n) is 11.5. The number of nitrogens with one attached hydrogen (secondary N) is 1. The SMILES string of the molecule is CCCCCN(C)CCCCO[C@H]1CC[C@H](NS(=O)(=O)N(C)CC(=O)OCC)CC1. The van der Waals surface area contributed by atoms with E-state index in [9.17, 15) is 13.2 Å². The van der Waals surface area contributed by atoms with Crippen LogP contribution < -0.4 is 4.72 Å². The Morgan fingerprint density at radius 2 is 1.63 bits per heavy atom. The Balaban J connectivity index is 2.17. The van der Waals surface area contributed by atoms with Crippen LogP contribution in [0.1, 0.15) is 71.6 Å². The zero-order valence-electron chi connectivity index (χ0n) is 19.4. The lowest BCUT2D eigenvalue weighted by molar-refractivity contribution is -0.143. The maximum absolute atomic E-state index is 12.4. The molecule has 0 bridgehead atoms. The highest BCUT2D eigenvalue weighted by Crippen LogP contribution is 2.22. The van der Waals surface area contributed by atoms with Crippen molar-refractivity contribution in [1.82, 2.24) is 13.9 Å². The predicted molar refractivity (Wildman–Crippen MR) is 120 cm³/mol. The number of likely N-dealkylation sites (N-methyl/N-ethyl adjacent to an activating group) is 1. The molecule has 0 radical (unpaired) electrons. The first kappa shape index (κ1) is 27.3. The Hall–Kier alpha value is -0.740. The minimum Gasteiger partial charge on any atom is -0.465 e. The lowest BCUT2D eigenvalue weighted by atomic mass is 9.94. The van der Waals surface area contributed by atoms with Crippen molar-refractivity contribution in [2.75, 3.05) is 46.9 Å². The summed E-state index contributed by atoms with van der Waals surface area (Å²) >= 11 is 0. The van der Waals surface area contributed by atoms with Crippen LogP contribution in [0.15, 0.2) is 0 Å². The first-order valence-corrected chi connectivity index (χ1v) is 12.9. The highest BCUT2D eigenvalue weighted by Gasteiger charge is 2.28.